The summed E-state index contributed by atoms with van der Waals surface area (Å²) in [7, 11) is 0. The molecule has 1 aromatic carbocycles. The first-order chi connectivity index (χ1) is 8.63. The second-order valence-electron chi connectivity index (χ2n) is 3.84. The van der Waals surface area contributed by atoms with Gasteiger partial charge in [-0.2, -0.15) is 0 Å². The summed E-state index contributed by atoms with van der Waals surface area (Å²) < 4.78 is 0. The Labute approximate surface area is 110 Å². The van der Waals surface area contributed by atoms with Crippen LogP contribution in [0.1, 0.15) is 5.56 Å². The maximum Gasteiger partial charge on any atom is 0.228 e. The third-order valence-electron chi connectivity index (χ3n) is 2.33. The molecule has 0 fully saturated rings. The summed E-state index contributed by atoms with van der Waals surface area (Å²) in [5.41, 5.74) is 7.79. The van der Waals surface area contributed by atoms with Crippen molar-refractivity contribution in [3.05, 3.63) is 53.3 Å². The van der Waals surface area contributed by atoms with Crippen molar-refractivity contribution in [2.45, 2.75) is 6.42 Å². The molecule has 0 unspecified atom stereocenters. The first-order valence-corrected chi connectivity index (χ1v) is 5.77. The molecular weight excluding hydrogens is 250 g/mol. The first kappa shape index (κ1) is 12.4. The first-order valence-electron chi connectivity index (χ1n) is 5.39. The van der Waals surface area contributed by atoms with Gasteiger partial charge in [0, 0.05) is 17.6 Å². The number of nitrogen functional groups attached to an aromatic ring is 1. The summed E-state index contributed by atoms with van der Waals surface area (Å²) in [6, 6.07) is 10.5. The minimum Gasteiger partial charge on any atom is -0.399 e. The number of aromatic nitrogens is 1. The number of rotatable bonds is 3. The molecule has 5 heteroatoms. The number of carbonyl (C=O) groups excluding carboxylic acids is 1. The maximum atomic E-state index is 11.8. The van der Waals surface area contributed by atoms with Crippen molar-refractivity contribution in [3.63, 3.8) is 0 Å². The highest BCUT2D eigenvalue weighted by atomic mass is 35.5. The number of hydrogen-bond acceptors (Lipinski definition) is 3. The van der Waals surface area contributed by atoms with E-state index >= 15 is 0 Å². The second kappa shape index (κ2) is 5.51. The number of halogens is 1. The minimum absolute atomic E-state index is 0.122. The van der Waals surface area contributed by atoms with Crippen molar-refractivity contribution >= 4 is 28.9 Å². The van der Waals surface area contributed by atoms with Gasteiger partial charge in [0.1, 0.15) is 5.15 Å². The lowest BCUT2D eigenvalue weighted by Crippen LogP contribution is -2.14. The van der Waals surface area contributed by atoms with Crippen LogP contribution in [-0.2, 0) is 11.2 Å². The highest BCUT2D eigenvalue weighted by molar-refractivity contribution is 6.29. The number of carbonyl (C=O) groups is 1. The smallest absolute Gasteiger partial charge is 0.228 e. The molecule has 0 aliphatic rings. The third-order valence-corrected chi connectivity index (χ3v) is 2.53. The van der Waals surface area contributed by atoms with Crippen LogP contribution in [0.15, 0.2) is 42.6 Å². The van der Waals surface area contributed by atoms with E-state index in [0.29, 0.717) is 16.5 Å². The standard InChI is InChI=1S/C13H12ClN3O/c14-12-8-11(4-5-16-12)17-13(18)7-9-2-1-3-10(15)6-9/h1-6,8H,7,15H2,(H,16,17,18). The summed E-state index contributed by atoms with van der Waals surface area (Å²) in [5, 5.41) is 3.09. The van der Waals surface area contributed by atoms with E-state index < -0.39 is 0 Å². The van der Waals surface area contributed by atoms with Gasteiger partial charge in [0.2, 0.25) is 5.91 Å². The number of amides is 1. The van der Waals surface area contributed by atoms with Crippen molar-refractivity contribution in [1.29, 1.82) is 0 Å². The van der Waals surface area contributed by atoms with E-state index in [0.717, 1.165) is 5.56 Å². The fourth-order valence-corrected chi connectivity index (χ4v) is 1.75. The molecule has 2 aromatic rings. The van der Waals surface area contributed by atoms with Gasteiger partial charge in [0.15, 0.2) is 0 Å². The fourth-order valence-electron chi connectivity index (χ4n) is 1.57. The Balaban J connectivity index is 2.01. The molecule has 92 valence electrons. The van der Waals surface area contributed by atoms with Crippen molar-refractivity contribution in [2.75, 3.05) is 11.1 Å². The zero-order valence-corrected chi connectivity index (χ0v) is 10.3. The predicted molar refractivity (Wildman–Crippen MR) is 72.4 cm³/mol. The SMILES string of the molecule is Nc1cccc(CC(=O)Nc2ccnc(Cl)c2)c1. The molecule has 1 aromatic heterocycles. The van der Waals surface area contributed by atoms with Crippen molar-refractivity contribution in [3.8, 4) is 0 Å². The number of anilines is 2. The van der Waals surface area contributed by atoms with Gasteiger partial charge in [0.25, 0.3) is 0 Å². The lowest BCUT2D eigenvalue weighted by Gasteiger charge is -2.05. The maximum absolute atomic E-state index is 11.8. The molecule has 1 amide bonds. The Kier molecular flexibility index (Phi) is 3.79. The van der Waals surface area contributed by atoms with Crippen LogP contribution < -0.4 is 11.1 Å². The average molecular weight is 262 g/mol. The van der Waals surface area contributed by atoms with E-state index in [1.54, 1.807) is 30.5 Å². The quantitative estimate of drug-likeness (QED) is 0.659. The Hall–Kier alpha value is -2.07. The molecule has 3 N–H and O–H groups in total. The second-order valence-corrected chi connectivity index (χ2v) is 4.22. The number of benzene rings is 1. The van der Waals surface area contributed by atoms with Gasteiger partial charge >= 0.3 is 0 Å². The molecule has 2 rings (SSSR count). The molecule has 0 atom stereocenters. The predicted octanol–water partition coefficient (Wildman–Crippen LogP) is 2.50. The Morgan fingerprint density at radius 2 is 2.17 bits per heavy atom. The van der Waals surface area contributed by atoms with E-state index in [9.17, 15) is 4.79 Å². The van der Waals surface area contributed by atoms with Crippen LogP contribution in [0.3, 0.4) is 0 Å². The largest absolute Gasteiger partial charge is 0.399 e. The summed E-state index contributed by atoms with van der Waals surface area (Å²) in [5.74, 6) is -0.122. The number of hydrogen-bond donors (Lipinski definition) is 2. The van der Waals surface area contributed by atoms with Gasteiger partial charge in [-0.3, -0.25) is 4.79 Å². The zero-order chi connectivity index (χ0) is 13.0. The van der Waals surface area contributed by atoms with E-state index in [4.69, 9.17) is 17.3 Å². The van der Waals surface area contributed by atoms with Gasteiger partial charge in [-0.05, 0) is 29.8 Å². The zero-order valence-electron chi connectivity index (χ0n) is 9.56. The monoisotopic (exact) mass is 261 g/mol. The molecule has 18 heavy (non-hydrogen) atoms. The normalized spacial score (nSPS) is 10.1. The van der Waals surface area contributed by atoms with Gasteiger partial charge in [-0.1, -0.05) is 23.7 Å². The van der Waals surface area contributed by atoms with E-state index in [-0.39, 0.29) is 12.3 Å². The van der Waals surface area contributed by atoms with Gasteiger partial charge in [-0.15, -0.1) is 0 Å². The molecule has 0 saturated carbocycles. The highest BCUT2D eigenvalue weighted by Gasteiger charge is 2.04. The number of nitrogens with zero attached hydrogens (tertiary/aromatic N) is 1. The van der Waals surface area contributed by atoms with Crippen molar-refractivity contribution < 1.29 is 4.79 Å². The summed E-state index contributed by atoms with van der Waals surface area (Å²) in [4.78, 5) is 15.6. The molecule has 0 bridgehead atoms. The van der Waals surface area contributed by atoms with Crippen LogP contribution in [0.5, 0.6) is 0 Å². The third kappa shape index (κ3) is 3.46. The average Bonchev–Trinajstić information content (AvgIpc) is 2.28. The van der Waals surface area contributed by atoms with Crippen LogP contribution >= 0.6 is 11.6 Å². The molecule has 0 saturated heterocycles. The molecule has 0 aliphatic carbocycles. The number of pyridine rings is 1. The van der Waals surface area contributed by atoms with E-state index in [1.165, 1.54) is 0 Å². The molecule has 0 aliphatic heterocycles. The molecular formula is C13H12ClN3O. The Bertz CT molecular complexity index is 522. The van der Waals surface area contributed by atoms with Gasteiger partial charge in [-0.25, -0.2) is 4.98 Å². The van der Waals surface area contributed by atoms with Crippen LogP contribution in [0, 0.1) is 0 Å². The minimum atomic E-state index is -0.122. The molecule has 1 heterocycles. The summed E-state index contributed by atoms with van der Waals surface area (Å²) in [6.07, 6.45) is 1.81. The van der Waals surface area contributed by atoms with Crippen molar-refractivity contribution in [2.24, 2.45) is 0 Å². The number of nitrogens with two attached hydrogens (primary N) is 1. The lowest BCUT2D eigenvalue weighted by atomic mass is 10.1. The van der Waals surface area contributed by atoms with E-state index in [2.05, 4.69) is 10.3 Å². The number of nitrogens with one attached hydrogen (secondary N) is 1. The topological polar surface area (TPSA) is 68.0 Å². The van der Waals surface area contributed by atoms with Gasteiger partial charge in [0.05, 0.1) is 6.42 Å². The van der Waals surface area contributed by atoms with Crippen LogP contribution in [0.4, 0.5) is 11.4 Å². The van der Waals surface area contributed by atoms with Crippen LogP contribution in [0.25, 0.3) is 0 Å². The van der Waals surface area contributed by atoms with Crippen LogP contribution in [0.2, 0.25) is 5.15 Å². The Morgan fingerprint density at radius 3 is 2.89 bits per heavy atom. The van der Waals surface area contributed by atoms with Gasteiger partial charge < -0.3 is 11.1 Å². The van der Waals surface area contributed by atoms with E-state index in [1.807, 2.05) is 12.1 Å². The Morgan fingerprint density at radius 1 is 1.33 bits per heavy atom. The molecule has 4 nitrogen and oxygen atoms in total. The summed E-state index contributed by atoms with van der Waals surface area (Å²) in [6.45, 7) is 0. The fraction of sp³-hybridized carbons (Fsp3) is 0.0769. The molecule has 0 radical (unpaired) electrons. The van der Waals surface area contributed by atoms with Crippen molar-refractivity contribution in [1.82, 2.24) is 4.98 Å². The summed E-state index contributed by atoms with van der Waals surface area (Å²) >= 11 is 5.73. The molecule has 0 spiro atoms. The lowest BCUT2D eigenvalue weighted by molar-refractivity contribution is -0.115. The highest BCUT2D eigenvalue weighted by Crippen LogP contribution is 2.13. The van der Waals surface area contributed by atoms with Crippen LogP contribution in [-0.4, -0.2) is 10.9 Å².